The third kappa shape index (κ3) is 3.66. The lowest BCUT2D eigenvalue weighted by Gasteiger charge is -2.47. The minimum absolute atomic E-state index is 0.155. The van der Waals surface area contributed by atoms with Gasteiger partial charge in [0.1, 0.15) is 5.54 Å². The van der Waals surface area contributed by atoms with Gasteiger partial charge in [0.15, 0.2) is 0 Å². The minimum atomic E-state index is -0.248. The van der Waals surface area contributed by atoms with Gasteiger partial charge in [-0.25, -0.2) is 0 Å². The fourth-order valence-electron chi connectivity index (χ4n) is 5.80. The van der Waals surface area contributed by atoms with Crippen LogP contribution in [0.1, 0.15) is 56.9 Å². The molecule has 2 saturated heterocycles. The Morgan fingerprint density at radius 2 is 1.63 bits per heavy atom. The maximum Gasteiger partial charge on any atom is 0.243 e. The van der Waals surface area contributed by atoms with Crippen molar-refractivity contribution in [2.75, 3.05) is 32.8 Å². The standard InChI is InChI=1S/C23H34N2O2/c26-19-22(17-20-9-2-1-3-10-20)11-8-14-24(18-22)21(27)23(12-4-5-13-23)25-15-6-7-16-25/h1-3,9-10,26H,4-8,11-19H2/t22-/m1/s1. The van der Waals surface area contributed by atoms with E-state index in [1.165, 1.54) is 31.2 Å². The van der Waals surface area contributed by atoms with E-state index in [-0.39, 0.29) is 17.6 Å². The van der Waals surface area contributed by atoms with E-state index in [1.807, 2.05) is 6.07 Å². The Kier molecular flexibility index (Phi) is 5.56. The molecule has 3 fully saturated rings. The molecule has 2 heterocycles. The summed E-state index contributed by atoms with van der Waals surface area (Å²) in [7, 11) is 0. The van der Waals surface area contributed by atoms with E-state index in [2.05, 4.69) is 34.1 Å². The lowest BCUT2D eigenvalue weighted by molar-refractivity contribution is -0.148. The van der Waals surface area contributed by atoms with Crippen molar-refractivity contribution in [3.8, 4) is 0 Å². The predicted molar refractivity (Wildman–Crippen MR) is 107 cm³/mol. The average molecular weight is 371 g/mol. The van der Waals surface area contributed by atoms with Crippen molar-refractivity contribution in [2.24, 2.45) is 5.41 Å². The molecular weight excluding hydrogens is 336 g/mol. The van der Waals surface area contributed by atoms with Crippen molar-refractivity contribution < 1.29 is 9.90 Å². The molecule has 1 atom stereocenters. The lowest BCUT2D eigenvalue weighted by Crippen LogP contribution is -2.60. The van der Waals surface area contributed by atoms with Crippen molar-refractivity contribution in [3.05, 3.63) is 35.9 Å². The number of rotatable bonds is 5. The molecule has 0 aromatic heterocycles. The number of carbonyl (C=O) groups excluding carboxylic acids is 1. The highest BCUT2D eigenvalue weighted by atomic mass is 16.3. The normalized spacial score (nSPS) is 28.6. The van der Waals surface area contributed by atoms with Gasteiger partial charge in [-0.1, -0.05) is 43.2 Å². The van der Waals surface area contributed by atoms with Crippen LogP contribution in [0.3, 0.4) is 0 Å². The van der Waals surface area contributed by atoms with E-state index in [0.29, 0.717) is 12.5 Å². The number of benzene rings is 1. The molecule has 0 unspecified atom stereocenters. The van der Waals surface area contributed by atoms with Gasteiger partial charge in [-0.05, 0) is 63.6 Å². The highest BCUT2D eigenvalue weighted by Gasteiger charge is 2.50. The summed E-state index contributed by atoms with van der Waals surface area (Å²) in [5.74, 6) is 0.354. The van der Waals surface area contributed by atoms with Crippen LogP contribution in [0.15, 0.2) is 30.3 Å². The first-order chi connectivity index (χ1) is 13.2. The summed E-state index contributed by atoms with van der Waals surface area (Å²) in [4.78, 5) is 18.4. The summed E-state index contributed by atoms with van der Waals surface area (Å²) < 4.78 is 0. The van der Waals surface area contributed by atoms with Crippen molar-refractivity contribution >= 4 is 5.91 Å². The maximum atomic E-state index is 13.8. The topological polar surface area (TPSA) is 43.8 Å². The maximum absolute atomic E-state index is 13.8. The quantitative estimate of drug-likeness (QED) is 0.865. The van der Waals surface area contributed by atoms with E-state index >= 15 is 0 Å². The Morgan fingerprint density at radius 1 is 0.926 bits per heavy atom. The van der Waals surface area contributed by atoms with E-state index in [4.69, 9.17) is 0 Å². The van der Waals surface area contributed by atoms with Crippen LogP contribution in [-0.2, 0) is 11.2 Å². The number of aliphatic hydroxyl groups excluding tert-OH is 1. The second-order valence-corrected chi connectivity index (χ2v) is 9.08. The monoisotopic (exact) mass is 370 g/mol. The Bertz CT molecular complexity index is 635. The van der Waals surface area contributed by atoms with Gasteiger partial charge >= 0.3 is 0 Å². The fraction of sp³-hybridized carbons (Fsp3) is 0.696. The first-order valence-corrected chi connectivity index (χ1v) is 10.9. The number of hydrogen-bond acceptors (Lipinski definition) is 3. The Morgan fingerprint density at radius 3 is 2.30 bits per heavy atom. The molecule has 27 heavy (non-hydrogen) atoms. The molecule has 1 amide bonds. The van der Waals surface area contributed by atoms with Gasteiger partial charge in [0, 0.05) is 18.5 Å². The zero-order valence-electron chi connectivity index (χ0n) is 16.5. The largest absolute Gasteiger partial charge is 0.396 e. The third-order valence-electron chi connectivity index (χ3n) is 7.25. The lowest BCUT2D eigenvalue weighted by atomic mass is 9.75. The number of likely N-dealkylation sites (tertiary alicyclic amines) is 2. The van der Waals surface area contributed by atoms with Crippen LogP contribution in [0.4, 0.5) is 0 Å². The van der Waals surface area contributed by atoms with Gasteiger partial charge in [-0.15, -0.1) is 0 Å². The summed E-state index contributed by atoms with van der Waals surface area (Å²) in [6, 6.07) is 10.4. The molecule has 1 saturated carbocycles. The number of piperidine rings is 1. The summed E-state index contributed by atoms with van der Waals surface area (Å²) in [5.41, 5.74) is 0.818. The molecule has 4 heteroatoms. The number of carbonyl (C=O) groups is 1. The van der Waals surface area contributed by atoms with Gasteiger partial charge < -0.3 is 10.0 Å². The second kappa shape index (κ2) is 7.92. The first-order valence-electron chi connectivity index (χ1n) is 10.9. The van der Waals surface area contributed by atoms with E-state index in [0.717, 1.165) is 51.7 Å². The molecular formula is C23H34N2O2. The molecule has 0 bridgehead atoms. The Labute approximate surface area is 163 Å². The molecule has 1 aromatic carbocycles. The van der Waals surface area contributed by atoms with Crippen LogP contribution in [0.5, 0.6) is 0 Å². The summed E-state index contributed by atoms with van der Waals surface area (Å²) in [6.07, 6.45) is 9.68. The zero-order chi connectivity index (χ0) is 18.7. The SMILES string of the molecule is O=C(N1CCC[C@@](CO)(Cc2ccccc2)C1)C1(N2CCCC2)CCCC1. The van der Waals surface area contributed by atoms with Crippen LogP contribution in [-0.4, -0.2) is 59.1 Å². The molecule has 148 valence electrons. The van der Waals surface area contributed by atoms with Crippen molar-refractivity contribution in [2.45, 2.75) is 63.3 Å². The highest BCUT2D eigenvalue weighted by molar-refractivity contribution is 5.87. The van der Waals surface area contributed by atoms with E-state index in [9.17, 15) is 9.90 Å². The molecule has 1 aliphatic carbocycles. The Balaban J connectivity index is 1.53. The van der Waals surface area contributed by atoms with E-state index in [1.54, 1.807) is 0 Å². The first kappa shape index (κ1) is 18.9. The number of amides is 1. The summed E-state index contributed by atoms with van der Waals surface area (Å²) >= 11 is 0. The highest BCUT2D eigenvalue weighted by Crippen LogP contribution is 2.41. The molecule has 4 rings (SSSR count). The molecule has 3 aliphatic rings. The average Bonchev–Trinajstić information content (AvgIpc) is 3.41. The van der Waals surface area contributed by atoms with Crippen LogP contribution >= 0.6 is 0 Å². The van der Waals surface area contributed by atoms with Gasteiger partial charge in [-0.2, -0.15) is 0 Å². The predicted octanol–water partition coefficient (Wildman–Crippen LogP) is 3.24. The molecule has 4 nitrogen and oxygen atoms in total. The number of aliphatic hydroxyl groups is 1. The summed E-state index contributed by atoms with van der Waals surface area (Å²) in [5, 5.41) is 10.3. The van der Waals surface area contributed by atoms with Crippen molar-refractivity contribution in [1.29, 1.82) is 0 Å². The fourth-order valence-corrected chi connectivity index (χ4v) is 5.80. The van der Waals surface area contributed by atoms with Crippen LogP contribution in [0.2, 0.25) is 0 Å². The van der Waals surface area contributed by atoms with Crippen molar-refractivity contribution in [3.63, 3.8) is 0 Å². The van der Waals surface area contributed by atoms with Gasteiger partial charge in [-0.3, -0.25) is 9.69 Å². The zero-order valence-corrected chi connectivity index (χ0v) is 16.5. The smallest absolute Gasteiger partial charge is 0.243 e. The molecule has 1 aromatic rings. The summed E-state index contributed by atoms with van der Waals surface area (Å²) in [6.45, 7) is 3.86. The van der Waals surface area contributed by atoms with Crippen LogP contribution in [0, 0.1) is 5.41 Å². The third-order valence-corrected chi connectivity index (χ3v) is 7.25. The van der Waals surface area contributed by atoms with E-state index < -0.39 is 0 Å². The van der Waals surface area contributed by atoms with Gasteiger partial charge in [0.2, 0.25) is 5.91 Å². The van der Waals surface area contributed by atoms with Gasteiger partial charge in [0.25, 0.3) is 0 Å². The minimum Gasteiger partial charge on any atom is -0.396 e. The number of hydrogen-bond donors (Lipinski definition) is 1. The molecule has 2 aliphatic heterocycles. The molecule has 0 spiro atoms. The molecule has 0 radical (unpaired) electrons. The Hall–Kier alpha value is -1.39. The number of nitrogens with zero attached hydrogens (tertiary/aromatic N) is 2. The van der Waals surface area contributed by atoms with Gasteiger partial charge in [0.05, 0.1) is 6.61 Å². The van der Waals surface area contributed by atoms with Crippen LogP contribution in [0.25, 0.3) is 0 Å². The second-order valence-electron chi connectivity index (χ2n) is 9.08. The molecule has 1 N–H and O–H groups in total. The van der Waals surface area contributed by atoms with Crippen molar-refractivity contribution in [1.82, 2.24) is 9.80 Å². The van der Waals surface area contributed by atoms with Crippen LogP contribution < -0.4 is 0 Å².